The summed E-state index contributed by atoms with van der Waals surface area (Å²) in [4.78, 5) is 59.8. The minimum Gasteiger partial charge on any atom is -0.756 e. The average Bonchev–Trinajstić information content (AvgIpc) is 3.65. The van der Waals surface area contributed by atoms with Gasteiger partial charge in [0.1, 0.15) is 18.3 Å². The zero-order valence-electron chi connectivity index (χ0n) is 32.0. The van der Waals surface area contributed by atoms with Crippen molar-refractivity contribution in [2.75, 3.05) is 64.8 Å². The number of carbonyl (C=O) groups is 1. The number of imidazole rings is 1. The van der Waals surface area contributed by atoms with Crippen LogP contribution < -0.4 is 36.2 Å². The first-order valence-electron chi connectivity index (χ1n) is 18.1. The van der Waals surface area contributed by atoms with E-state index >= 15 is 0 Å². The summed E-state index contributed by atoms with van der Waals surface area (Å²) in [5, 5.41) is 22.3. The van der Waals surface area contributed by atoms with Crippen molar-refractivity contribution in [1.82, 2.24) is 24.8 Å². The number of aromatic nitrogens is 4. The van der Waals surface area contributed by atoms with E-state index in [1.54, 1.807) is 15.1 Å². The van der Waals surface area contributed by atoms with E-state index < -0.39 is 71.0 Å². The number of quaternary nitrogens is 2. The van der Waals surface area contributed by atoms with Crippen LogP contribution in [0.25, 0.3) is 11.2 Å². The number of rotatable bonds is 20. The maximum Gasteiger partial charge on any atom is 0.471 e. The highest BCUT2D eigenvalue weighted by atomic mass is 31.3. The molecule has 0 bridgehead atoms. The monoisotopic (exact) mass is 840 g/mol. The average molecular weight is 841 g/mol. The largest absolute Gasteiger partial charge is 0.756 e. The number of hydrogen-bond acceptors (Lipinski definition) is 15. The van der Waals surface area contributed by atoms with Gasteiger partial charge in [-0.05, 0) is 54.4 Å². The first kappa shape index (κ1) is 50.5. The quantitative estimate of drug-likeness (QED) is 0.0585. The van der Waals surface area contributed by atoms with Gasteiger partial charge in [-0.2, -0.15) is 18.2 Å². The molecule has 0 saturated carbocycles. The van der Waals surface area contributed by atoms with Gasteiger partial charge >= 0.3 is 12.1 Å². The zero-order valence-corrected chi connectivity index (χ0v) is 33.8. The molecule has 1 amide bonds. The molecule has 0 spiro atoms. The number of nitrogens with zero attached hydrogens (tertiary/aromatic N) is 3. The number of aliphatic hydroxyl groups is 2. The number of hydrogen-bond donors (Lipinski definition) is 7. The molecule has 320 valence electrons. The van der Waals surface area contributed by atoms with E-state index in [0.29, 0.717) is 6.42 Å². The molecule has 0 aromatic carbocycles. The highest BCUT2D eigenvalue weighted by Crippen LogP contribution is 2.55. The number of aromatic amines is 1. The van der Waals surface area contributed by atoms with Crippen LogP contribution in [-0.4, -0.2) is 119 Å². The van der Waals surface area contributed by atoms with E-state index in [2.05, 4.69) is 69.9 Å². The van der Waals surface area contributed by atoms with Gasteiger partial charge in [0.25, 0.3) is 21.2 Å². The van der Waals surface area contributed by atoms with Gasteiger partial charge in [-0.1, -0.05) is 12.8 Å². The van der Waals surface area contributed by atoms with Crippen molar-refractivity contribution in [3.8, 4) is 0 Å². The second-order valence-electron chi connectivity index (χ2n) is 12.2. The molecule has 25 heteroatoms. The summed E-state index contributed by atoms with van der Waals surface area (Å²) in [6.07, 6.45) is -9.49. The Balaban J connectivity index is 0.000000913. The van der Waals surface area contributed by atoms with Gasteiger partial charge in [-0.3, -0.25) is 28.3 Å². The van der Waals surface area contributed by atoms with Crippen LogP contribution in [-0.2, 0) is 32.0 Å². The summed E-state index contributed by atoms with van der Waals surface area (Å²) in [5.74, 6) is -2.35. The number of phosphoric ester groups is 2. The van der Waals surface area contributed by atoms with Gasteiger partial charge in [0.2, 0.25) is 5.95 Å². The predicted octanol–water partition coefficient (Wildman–Crippen LogP) is -1.59. The topological polar surface area (TPSA) is 285 Å². The minimum atomic E-state index is -5.59. The van der Waals surface area contributed by atoms with E-state index in [9.17, 15) is 51.9 Å². The molecule has 1 saturated heterocycles. The molecule has 3 heterocycles. The molecule has 2 aromatic heterocycles. The first-order valence-corrected chi connectivity index (χ1v) is 21.0. The number of nitrogens with one attached hydrogen (secondary N) is 4. The Morgan fingerprint density at radius 3 is 2.00 bits per heavy atom. The summed E-state index contributed by atoms with van der Waals surface area (Å²) in [6, 6.07) is 0. The normalized spacial score (nSPS) is 20.7. The Labute approximate surface area is 317 Å². The Morgan fingerprint density at radius 2 is 1.49 bits per heavy atom. The number of halogens is 3. The first-order chi connectivity index (χ1) is 25.7. The Kier molecular flexibility index (Phi) is 22.3. The van der Waals surface area contributed by atoms with Crippen molar-refractivity contribution in [1.29, 1.82) is 0 Å². The van der Waals surface area contributed by atoms with Crippen LogP contribution >= 0.6 is 15.6 Å². The van der Waals surface area contributed by atoms with E-state index in [1.807, 2.05) is 0 Å². The van der Waals surface area contributed by atoms with E-state index in [0.717, 1.165) is 10.9 Å². The Bertz CT molecular complexity index is 1560. The van der Waals surface area contributed by atoms with E-state index in [1.165, 1.54) is 39.3 Å². The third-order valence-electron chi connectivity index (χ3n) is 8.52. The number of unbranched alkanes of at least 4 members (excludes halogenated alkanes) is 3. The maximum atomic E-state index is 12.1. The number of anilines is 1. The lowest BCUT2D eigenvalue weighted by Crippen LogP contribution is -3.11. The molecule has 1 aliphatic rings. The van der Waals surface area contributed by atoms with Crippen LogP contribution in [0.2, 0.25) is 0 Å². The molecule has 0 aliphatic carbocycles. The molecule has 1 fully saturated rings. The lowest BCUT2D eigenvalue weighted by atomic mass is 10.1. The number of H-pyrrole nitrogens is 1. The number of fused-ring (bicyclic) bond motifs is 1. The Hall–Kier alpha value is -2.53. The van der Waals surface area contributed by atoms with Gasteiger partial charge in [-0.15, -0.1) is 0 Å². The van der Waals surface area contributed by atoms with E-state index in [4.69, 9.17) is 10.5 Å². The van der Waals surface area contributed by atoms with Crippen LogP contribution in [0.5, 0.6) is 0 Å². The molecular weight excluding hydrogens is 783 g/mol. The number of aliphatic hydroxyl groups excluding tert-OH is 2. The summed E-state index contributed by atoms with van der Waals surface area (Å²) >= 11 is 0. The third kappa shape index (κ3) is 17.7. The van der Waals surface area contributed by atoms with Crippen molar-refractivity contribution in [2.45, 2.75) is 97.9 Å². The summed E-state index contributed by atoms with van der Waals surface area (Å²) in [6.45, 7) is 19.2. The van der Waals surface area contributed by atoms with Gasteiger partial charge in [0, 0.05) is 6.54 Å². The van der Waals surface area contributed by atoms with Crippen LogP contribution in [0.4, 0.5) is 19.1 Å². The smallest absolute Gasteiger partial charge is 0.471 e. The van der Waals surface area contributed by atoms with Gasteiger partial charge < -0.3 is 54.6 Å². The molecular formula is C30H57F3N8O12P2. The third-order valence-corrected chi connectivity index (χ3v) is 11.1. The molecule has 6 atom stereocenters. The van der Waals surface area contributed by atoms with Crippen molar-refractivity contribution in [3.63, 3.8) is 0 Å². The van der Waals surface area contributed by atoms with Gasteiger partial charge in [0.15, 0.2) is 17.4 Å². The molecule has 20 nitrogen and oxygen atoms in total. The van der Waals surface area contributed by atoms with Crippen LogP contribution in [0, 0.1) is 0 Å². The fourth-order valence-electron chi connectivity index (χ4n) is 5.12. The summed E-state index contributed by atoms with van der Waals surface area (Å²) in [5.41, 5.74) is 4.54. The number of phosphoric acid groups is 2. The number of alkyl halides is 3. The van der Waals surface area contributed by atoms with Crippen molar-refractivity contribution < 1.29 is 75.0 Å². The number of nitrogen functional groups attached to an aromatic ring is 1. The van der Waals surface area contributed by atoms with Crippen LogP contribution in [0.3, 0.4) is 0 Å². The standard InChI is InChI=1S/C18H27F3N6O12P2.2C6H15N/c19-18(20,21)16(31)23-5-3-1-2-4-6-36-40(32,33)39-41(34,35)37-7-9-11(28)12(29)15(38-9)27-8-24-10-13(27)25-17(22)26-14(10)30;2*1-4-7(5-2)6-3/h8-9,11-12,15,28-29H,1-7H2,(H,23,31)(H,32,33)(H,34,35)(H3,22,25,26,30);2*4-6H2,1-3H3/t9-,11-,12-,15-;;/m1../s1. The van der Waals surface area contributed by atoms with Gasteiger partial charge in [0.05, 0.1) is 58.8 Å². The summed E-state index contributed by atoms with van der Waals surface area (Å²) in [7, 11) is -11.0. The van der Waals surface area contributed by atoms with Crippen molar-refractivity contribution >= 4 is 38.7 Å². The molecule has 0 radical (unpaired) electrons. The second-order valence-corrected chi connectivity index (χ2v) is 15.2. The minimum absolute atomic E-state index is 0.0590. The van der Waals surface area contributed by atoms with Crippen LogP contribution in [0.1, 0.15) is 73.5 Å². The second kappa shape index (κ2) is 24.3. The number of nitrogens with two attached hydrogens (primary N) is 1. The summed E-state index contributed by atoms with van der Waals surface area (Å²) < 4.78 is 79.4. The number of ether oxygens (including phenoxy) is 1. The zero-order chi connectivity index (χ0) is 42.0. The molecule has 3 rings (SSSR count). The molecule has 8 N–H and O–H groups in total. The van der Waals surface area contributed by atoms with Gasteiger partial charge in [-0.25, -0.2) is 9.29 Å². The van der Waals surface area contributed by atoms with Crippen molar-refractivity contribution in [2.24, 2.45) is 0 Å². The van der Waals surface area contributed by atoms with E-state index in [-0.39, 0.29) is 42.9 Å². The SMILES string of the molecule is CC[NH+](CC)CC.CC[NH+](CC)CC.Nc1nc2c(ncn2[C@@H]2O[C@H](COP(=O)([O-])OP(=O)([O-])OCCCCCCNC(=O)C(F)(F)F)[C@@H](O)[C@H]2O)c(=O)[nH]1. The van der Waals surface area contributed by atoms with Crippen molar-refractivity contribution in [3.05, 3.63) is 16.7 Å². The highest BCUT2D eigenvalue weighted by molar-refractivity contribution is 7.59. The molecule has 2 unspecified atom stereocenters. The fourth-order valence-corrected chi connectivity index (χ4v) is 7.16. The number of amides is 1. The molecule has 2 aromatic rings. The highest BCUT2D eigenvalue weighted by Gasteiger charge is 2.45. The van der Waals surface area contributed by atoms with Crippen LogP contribution in [0.15, 0.2) is 11.1 Å². The maximum absolute atomic E-state index is 12.1. The predicted molar refractivity (Wildman–Crippen MR) is 189 cm³/mol. The fraction of sp³-hybridized carbons (Fsp3) is 0.800. The Morgan fingerprint density at radius 1 is 0.964 bits per heavy atom. The molecule has 1 aliphatic heterocycles. The lowest BCUT2D eigenvalue weighted by molar-refractivity contribution is -0.894. The number of carbonyl (C=O) groups excluding carboxylic acids is 1. The lowest BCUT2D eigenvalue weighted by Gasteiger charge is -2.31. The molecule has 55 heavy (non-hydrogen) atoms.